The molecule has 6 heteroatoms. The summed E-state index contributed by atoms with van der Waals surface area (Å²) in [4.78, 5) is 24.5. The molecule has 6 nitrogen and oxygen atoms in total. The van der Waals surface area contributed by atoms with E-state index in [1.165, 1.54) is 295 Å². The number of aliphatic hydroxyl groups is 2. The van der Waals surface area contributed by atoms with Crippen LogP contribution in [0, 0.1) is 0 Å². The zero-order valence-corrected chi connectivity index (χ0v) is 50.5. The Hall–Kier alpha value is -1.92. The minimum atomic E-state index is -0.845. The van der Waals surface area contributed by atoms with Crippen molar-refractivity contribution in [1.82, 2.24) is 5.32 Å². The number of ether oxygens (including phenoxy) is 1. The van der Waals surface area contributed by atoms with E-state index in [-0.39, 0.29) is 18.5 Å². The average Bonchev–Trinajstić information content (AvgIpc) is 3.41. The summed E-state index contributed by atoms with van der Waals surface area (Å²) in [6.07, 6.45) is 82.1. The number of esters is 1. The molecular formula is C69H131NO5. The first-order chi connectivity index (χ1) is 37.0. The molecule has 75 heavy (non-hydrogen) atoms. The van der Waals surface area contributed by atoms with Crippen molar-refractivity contribution in [3.63, 3.8) is 0 Å². The van der Waals surface area contributed by atoms with Crippen molar-refractivity contribution in [3.05, 3.63) is 36.5 Å². The molecule has 0 aliphatic rings. The maximum atomic E-state index is 12.5. The number of aliphatic hydroxyl groups excluding tert-OH is 2. The molecule has 0 aliphatic heterocycles. The Bertz CT molecular complexity index is 1210. The van der Waals surface area contributed by atoms with Crippen molar-refractivity contribution in [2.45, 2.75) is 379 Å². The zero-order chi connectivity index (χ0) is 54.3. The van der Waals surface area contributed by atoms with Crippen LogP contribution in [0.15, 0.2) is 36.5 Å². The van der Waals surface area contributed by atoms with E-state index in [4.69, 9.17) is 4.74 Å². The fraction of sp³-hybridized carbons (Fsp3) is 0.884. The van der Waals surface area contributed by atoms with E-state index in [0.717, 1.165) is 44.9 Å². The second-order valence-electron chi connectivity index (χ2n) is 23.2. The molecule has 0 heterocycles. The first-order valence-corrected chi connectivity index (χ1v) is 33.8. The molecule has 0 saturated carbocycles. The molecule has 0 aromatic heterocycles. The molecule has 442 valence electrons. The molecule has 0 aliphatic carbocycles. The van der Waals surface area contributed by atoms with Gasteiger partial charge in [0.1, 0.15) is 0 Å². The number of carbonyl (C=O) groups excluding carboxylic acids is 2. The molecular weight excluding hydrogens is 923 g/mol. The van der Waals surface area contributed by atoms with Gasteiger partial charge in [0.2, 0.25) is 5.91 Å². The van der Waals surface area contributed by atoms with E-state index < -0.39 is 12.1 Å². The zero-order valence-electron chi connectivity index (χ0n) is 50.5. The molecule has 2 unspecified atom stereocenters. The molecule has 3 N–H and O–H groups in total. The van der Waals surface area contributed by atoms with E-state index in [9.17, 15) is 19.8 Å². The number of rotatable bonds is 63. The van der Waals surface area contributed by atoms with Crippen LogP contribution in [0.1, 0.15) is 367 Å². The molecule has 1 amide bonds. The van der Waals surface area contributed by atoms with Crippen molar-refractivity contribution in [1.29, 1.82) is 0 Å². The lowest BCUT2D eigenvalue weighted by molar-refractivity contribution is -0.143. The molecule has 0 bridgehead atoms. The lowest BCUT2D eigenvalue weighted by Crippen LogP contribution is -2.45. The van der Waals surface area contributed by atoms with Crippen LogP contribution in [0.25, 0.3) is 0 Å². The second-order valence-corrected chi connectivity index (χ2v) is 23.2. The van der Waals surface area contributed by atoms with Gasteiger partial charge in [0.15, 0.2) is 0 Å². The highest BCUT2D eigenvalue weighted by Gasteiger charge is 2.18. The summed E-state index contributed by atoms with van der Waals surface area (Å²) in [6.45, 7) is 4.92. The highest BCUT2D eigenvalue weighted by Crippen LogP contribution is 2.18. The van der Waals surface area contributed by atoms with Crippen LogP contribution in [0.2, 0.25) is 0 Å². The Morgan fingerprint density at radius 3 is 1.01 bits per heavy atom. The van der Waals surface area contributed by atoms with Crippen LogP contribution in [-0.4, -0.2) is 47.4 Å². The fourth-order valence-corrected chi connectivity index (χ4v) is 10.5. The Kier molecular flexibility index (Phi) is 63.0. The maximum absolute atomic E-state index is 12.5. The standard InChI is InChI=1S/C69H131NO5/c1-3-5-7-9-11-13-15-17-34-39-43-47-51-55-59-63-69(74)75-64-60-56-52-48-44-40-36-33-31-29-27-25-23-21-19-20-22-24-26-28-30-32-35-38-42-46-50-54-58-62-68(73)70-66(65-71)67(72)61-57-53-49-45-41-37-18-16-14-12-10-8-6-4-2/h19,21,25,27,57,61,66-67,71-72H,3-18,20,22-24,26,28-56,58-60,62-65H2,1-2H3,(H,70,73)/b21-19-,27-25-,61-57+. The SMILES string of the molecule is CCCCCCCCCCCCCC/C=C/C(O)C(CO)NC(=O)CCCCCCCCCCCCCCC/C=C\C/C=C\CCCCCCCCCCCOC(=O)CCCCCCCCCCCCCCCCC. The summed E-state index contributed by atoms with van der Waals surface area (Å²) in [6, 6.07) is -0.628. The Labute approximate surface area is 468 Å². The van der Waals surface area contributed by atoms with Crippen LogP contribution < -0.4 is 5.32 Å². The van der Waals surface area contributed by atoms with Crippen LogP contribution in [0.5, 0.6) is 0 Å². The van der Waals surface area contributed by atoms with Gasteiger partial charge in [0.05, 0.1) is 25.4 Å². The number of carbonyl (C=O) groups is 2. The van der Waals surface area contributed by atoms with E-state index in [1.54, 1.807) is 6.08 Å². The molecule has 2 atom stereocenters. The highest BCUT2D eigenvalue weighted by atomic mass is 16.5. The number of allylic oxidation sites excluding steroid dienone is 5. The van der Waals surface area contributed by atoms with Crippen molar-refractivity contribution in [3.8, 4) is 0 Å². The number of hydrogen-bond acceptors (Lipinski definition) is 5. The van der Waals surface area contributed by atoms with Crippen LogP contribution >= 0.6 is 0 Å². The van der Waals surface area contributed by atoms with Gasteiger partial charge in [-0.1, -0.05) is 326 Å². The van der Waals surface area contributed by atoms with Crippen molar-refractivity contribution in [2.24, 2.45) is 0 Å². The summed E-state index contributed by atoms with van der Waals surface area (Å²) >= 11 is 0. The van der Waals surface area contributed by atoms with E-state index in [1.807, 2.05) is 6.08 Å². The van der Waals surface area contributed by atoms with Crippen molar-refractivity contribution >= 4 is 11.9 Å². The number of amides is 1. The summed E-state index contributed by atoms with van der Waals surface area (Å²) < 4.78 is 5.49. The average molecular weight is 1050 g/mol. The van der Waals surface area contributed by atoms with Gasteiger partial charge in [-0.3, -0.25) is 9.59 Å². The van der Waals surface area contributed by atoms with E-state index >= 15 is 0 Å². The first-order valence-electron chi connectivity index (χ1n) is 33.8. The topological polar surface area (TPSA) is 95.9 Å². The van der Waals surface area contributed by atoms with Crippen LogP contribution in [0.3, 0.4) is 0 Å². The molecule has 0 radical (unpaired) electrons. The van der Waals surface area contributed by atoms with Crippen LogP contribution in [0.4, 0.5) is 0 Å². The monoisotopic (exact) mass is 1050 g/mol. The molecule has 0 aromatic rings. The van der Waals surface area contributed by atoms with Gasteiger partial charge in [0.25, 0.3) is 0 Å². The van der Waals surface area contributed by atoms with Gasteiger partial charge in [-0.05, 0) is 64.2 Å². The van der Waals surface area contributed by atoms with Gasteiger partial charge in [-0.25, -0.2) is 0 Å². The normalized spacial score (nSPS) is 12.7. The molecule has 0 spiro atoms. The second kappa shape index (κ2) is 64.6. The summed E-state index contributed by atoms with van der Waals surface area (Å²) in [5, 5.41) is 23.1. The van der Waals surface area contributed by atoms with Crippen molar-refractivity contribution in [2.75, 3.05) is 13.2 Å². The van der Waals surface area contributed by atoms with Gasteiger partial charge in [-0.15, -0.1) is 0 Å². The minimum Gasteiger partial charge on any atom is -0.466 e. The van der Waals surface area contributed by atoms with Gasteiger partial charge < -0.3 is 20.3 Å². The number of nitrogens with one attached hydrogen (secondary N) is 1. The molecule has 0 rings (SSSR count). The lowest BCUT2D eigenvalue weighted by atomic mass is 10.0. The summed E-state index contributed by atoms with van der Waals surface area (Å²) in [7, 11) is 0. The molecule has 0 fully saturated rings. The maximum Gasteiger partial charge on any atom is 0.305 e. The third-order valence-corrected chi connectivity index (χ3v) is 15.7. The minimum absolute atomic E-state index is 0.0148. The van der Waals surface area contributed by atoms with Crippen LogP contribution in [-0.2, 0) is 14.3 Å². The predicted molar refractivity (Wildman–Crippen MR) is 329 cm³/mol. The smallest absolute Gasteiger partial charge is 0.305 e. The quantitative estimate of drug-likeness (QED) is 0.0320. The Morgan fingerprint density at radius 2 is 0.667 bits per heavy atom. The van der Waals surface area contributed by atoms with Gasteiger partial charge in [0, 0.05) is 12.8 Å². The van der Waals surface area contributed by atoms with E-state index in [0.29, 0.717) is 19.4 Å². The number of unbranched alkanes of at least 4 members (excludes halogenated alkanes) is 48. The summed E-state index contributed by atoms with van der Waals surface area (Å²) in [5.74, 6) is -0.0529. The third kappa shape index (κ3) is 61.2. The Balaban J connectivity index is 3.41. The van der Waals surface area contributed by atoms with Gasteiger partial charge >= 0.3 is 5.97 Å². The summed E-state index contributed by atoms with van der Waals surface area (Å²) in [5.41, 5.74) is 0. The first kappa shape index (κ1) is 73.1. The number of hydrogen-bond donors (Lipinski definition) is 3. The predicted octanol–water partition coefficient (Wildman–Crippen LogP) is 21.5. The van der Waals surface area contributed by atoms with E-state index in [2.05, 4.69) is 43.5 Å². The third-order valence-electron chi connectivity index (χ3n) is 15.7. The highest BCUT2D eigenvalue weighted by molar-refractivity contribution is 5.76. The van der Waals surface area contributed by atoms with Crippen molar-refractivity contribution < 1.29 is 24.5 Å². The Morgan fingerprint density at radius 1 is 0.373 bits per heavy atom. The lowest BCUT2D eigenvalue weighted by Gasteiger charge is -2.20. The fourth-order valence-electron chi connectivity index (χ4n) is 10.5. The van der Waals surface area contributed by atoms with Gasteiger partial charge in [-0.2, -0.15) is 0 Å². The molecule has 0 saturated heterocycles. The largest absolute Gasteiger partial charge is 0.466 e. The molecule has 0 aromatic carbocycles.